The summed E-state index contributed by atoms with van der Waals surface area (Å²) in [5.41, 5.74) is 0.791. The van der Waals surface area contributed by atoms with E-state index < -0.39 is 21.8 Å². The topological polar surface area (TPSA) is 90.9 Å². The number of para-hydroxylation sites is 1. The molecule has 148 valence electrons. The van der Waals surface area contributed by atoms with E-state index in [2.05, 4.69) is 5.32 Å². The summed E-state index contributed by atoms with van der Waals surface area (Å²) in [7, 11) is -3.76. The first-order chi connectivity index (χ1) is 12.1. The number of benzene rings is 1. The number of anilines is 1. The zero-order valence-corrected chi connectivity index (χ0v) is 16.9. The van der Waals surface area contributed by atoms with Crippen LogP contribution >= 0.6 is 0 Å². The number of hydrogen-bond donors (Lipinski definition) is 1. The summed E-state index contributed by atoms with van der Waals surface area (Å²) >= 11 is 0. The monoisotopic (exact) mass is 387 g/mol. The van der Waals surface area contributed by atoms with Crippen molar-refractivity contribution in [3.8, 4) is 0 Å². The van der Waals surface area contributed by atoms with Gasteiger partial charge in [0.1, 0.15) is 11.4 Å². The van der Waals surface area contributed by atoms with Crippen LogP contribution < -0.4 is 5.32 Å². The van der Waals surface area contributed by atoms with Crippen LogP contribution in [0.2, 0.25) is 0 Å². The molecular weight excluding hydrogens is 358 g/mol. The fraction of sp³-hybridized carbons (Fsp3) is 0.611. The van der Waals surface area contributed by atoms with E-state index >= 15 is 0 Å². The van der Waals surface area contributed by atoms with Crippen LogP contribution in [0.1, 0.15) is 52.2 Å². The lowest BCUT2D eigenvalue weighted by atomic mass is 10.1. The van der Waals surface area contributed by atoms with Crippen LogP contribution in [0, 0.1) is 0 Å². The highest BCUT2D eigenvalue weighted by molar-refractivity contribution is 7.85. The Hall–Kier alpha value is -1.64. The highest BCUT2D eigenvalue weighted by atomic mass is 32.2. The van der Waals surface area contributed by atoms with E-state index in [0.29, 0.717) is 29.8 Å². The molecule has 1 aromatic carbocycles. The number of hydrogen-bond acceptors (Lipinski definition) is 6. The second-order valence-electron chi connectivity index (χ2n) is 6.74. The SMILES string of the molecule is CCCOS(=O)(=O)Cc1cccc(COCC)c1NC(=O)OC(C)(C)C. The fourth-order valence-corrected chi connectivity index (χ4v) is 3.24. The molecule has 0 unspecified atom stereocenters. The van der Waals surface area contributed by atoms with E-state index in [9.17, 15) is 13.2 Å². The van der Waals surface area contributed by atoms with Crippen LogP contribution in [0.15, 0.2) is 18.2 Å². The van der Waals surface area contributed by atoms with Gasteiger partial charge in [-0.1, -0.05) is 25.1 Å². The highest BCUT2D eigenvalue weighted by Gasteiger charge is 2.21. The molecule has 1 aromatic rings. The van der Waals surface area contributed by atoms with E-state index in [1.54, 1.807) is 39.0 Å². The molecule has 26 heavy (non-hydrogen) atoms. The molecule has 0 aliphatic heterocycles. The number of ether oxygens (including phenoxy) is 2. The summed E-state index contributed by atoms with van der Waals surface area (Å²) in [6, 6.07) is 5.12. The molecule has 0 heterocycles. The van der Waals surface area contributed by atoms with E-state index in [4.69, 9.17) is 13.7 Å². The first-order valence-corrected chi connectivity index (χ1v) is 10.2. The van der Waals surface area contributed by atoms with Crippen LogP contribution in [0.3, 0.4) is 0 Å². The van der Waals surface area contributed by atoms with Crippen molar-refractivity contribution < 1.29 is 26.9 Å². The lowest BCUT2D eigenvalue weighted by Gasteiger charge is -2.22. The average Bonchev–Trinajstić information content (AvgIpc) is 2.51. The number of nitrogens with one attached hydrogen (secondary N) is 1. The molecule has 1 N–H and O–H groups in total. The highest BCUT2D eigenvalue weighted by Crippen LogP contribution is 2.25. The first-order valence-electron chi connectivity index (χ1n) is 8.63. The lowest BCUT2D eigenvalue weighted by Crippen LogP contribution is -2.28. The third kappa shape index (κ3) is 8.16. The quantitative estimate of drug-likeness (QED) is 0.648. The van der Waals surface area contributed by atoms with Crippen molar-refractivity contribution in [3.63, 3.8) is 0 Å². The van der Waals surface area contributed by atoms with Crippen LogP contribution in [0.5, 0.6) is 0 Å². The van der Waals surface area contributed by atoms with Gasteiger partial charge in [0, 0.05) is 12.2 Å². The molecule has 0 aliphatic carbocycles. The van der Waals surface area contributed by atoms with Crippen molar-refractivity contribution in [1.82, 2.24) is 0 Å². The van der Waals surface area contributed by atoms with E-state index in [-0.39, 0.29) is 19.0 Å². The third-order valence-corrected chi connectivity index (χ3v) is 4.31. The summed E-state index contributed by atoms with van der Waals surface area (Å²) in [6.45, 7) is 9.80. The second kappa shape index (κ2) is 9.89. The van der Waals surface area contributed by atoms with Crippen molar-refractivity contribution in [2.24, 2.45) is 0 Å². The Morgan fingerprint density at radius 1 is 1.15 bits per heavy atom. The third-order valence-electron chi connectivity index (χ3n) is 3.12. The standard InChI is InChI=1S/C18H29NO6S/c1-6-11-24-26(21,22)13-15-10-8-9-14(12-23-7-2)16(15)19-17(20)25-18(3,4)5/h8-10H,6-7,11-13H2,1-5H3,(H,19,20). The minimum Gasteiger partial charge on any atom is -0.444 e. The predicted molar refractivity (Wildman–Crippen MR) is 100 cm³/mol. The molecule has 7 nitrogen and oxygen atoms in total. The van der Waals surface area contributed by atoms with E-state index in [1.807, 2.05) is 13.8 Å². The van der Waals surface area contributed by atoms with Crippen molar-refractivity contribution >= 4 is 21.9 Å². The molecule has 0 spiro atoms. The average molecular weight is 387 g/mol. The molecule has 1 amide bonds. The van der Waals surface area contributed by atoms with Gasteiger partial charge in [-0.15, -0.1) is 0 Å². The summed E-state index contributed by atoms with van der Waals surface area (Å²) in [4.78, 5) is 12.2. The lowest BCUT2D eigenvalue weighted by molar-refractivity contribution is 0.0635. The fourth-order valence-electron chi connectivity index (χ4n) is 2.11. The summed E-state index contributed by atoms with van der Waals surface area (Å²) in [5, 5.41) is 2.66. The van der Waals surface area contributed by atoms with E-state index in [1.165, 1.54) is 0 Å². The number of amides is 1. The number of rotatable bonds is 9. The second-order valence-corrected chi connectivity index (χ2v) is 8.38. The van der Waals surface area contributed by atoms with Gasteiger partial charge in [-0.25, -0.2) is 4.79 Å². The molecule has 0 aromatic heterocycles. The molecule has 0 saturated heterocycles. The zero-order valence-electron chi connectivity index (χ0n) is 16.1. The molecule has 1 rings (SSSR count). The molecule has 0 fully saturated rings. The predicted octanol–water partition coefficient (Wildman–Crippen LogP) is 3.83. The van der Waals surface area contributed by atoms with Gasteiger partial charge in [0.05, 0.1) is 18.9 Å². The van der Waals surface area contributed by atoms with Gasteiger partial charge in [0.25, 0.3) is 10.1 Å². The maximum atomic E-state index is 12.2. The first kappa shape index (κ1) is 22.4. The molecule has 0 bridgehead atoms. The number of carbonyl (C=O) groups is 1. The maximum absolute atomic E-state index is 12.2. The van der Waals surface area contributed by atoms with Gasteiger partial charge in [-0.05, 0) is 39.7 Å². The van der Waals surface area contributed by atoms with Crippen LogP contribution in [-0.2, 0) is 36.1 Å². The van der Waals surface area contributed by atoms with Gasteiger partial charge < -0.3 is 9.47 Å². The van der Waals surface area contributed by atoms with Crippen molar-refractivity contribution in [2.75, 3.05) is 18.5 Å². The van der Waals surface area contributed by atoms with Gasteiger partial charge in [-0.3, -0.25) is 9.50 Å². The molecule has 0 saturated carbocycles. The maximum Gasteiger partial charge on any atom is 0.412 e. The van der Waals surface area contributed by atoms with Crippen LogP contribution in [-0.4, -0.2) is 33.3 Å². The molecule has 0 radical (unpaired) electrons. The smallest absolute Gasteiger partial charge is 0.412 e. The molecule has 0 atom stereocenters. The molecular formula is C18H29NO6S. The van der Waals surface area contributed by atoms with Crippen molar-refractivity contribution in [2.45, 2.75) is 59.0 Å². The Balaban J connectivity index is 3.14. The van der Waals surface area contributed by atoms with Gasteiger partial charge >= 0.3 is 6.09 Å². The minimum absolute atomic E-state index is 0.121. The van der Waals surface area contributed by atoms with Crippen LogP contribution in [0.4, 0.5) is 10.5 Å². The Morgan fingerprint density at radius 3 is 2.38 bits per heavy atom. The van der Waals surface area contributed by atoms with Crippen molar-refractivity contribution in [1.29, 1.82) is 0 Å². The normalized spacial score (nSPS) is 12.0. The van der Waals surface area contributed by atoms with Gasteiger partial charge in [0.15, 0.2) is 0 Å². The van der Waals surface area contributed by atoms with Gasteiger partial charge in [0.2, 0.25) is 0 Å². The minimum atomic E-state index is -3.76. The Morgan fingerprint density at radius 2 is 1.81 bits per heavy atom. The van der Waals surface area contributed by atoms with Gasteiger partial charge in [-0.2, -0.15) is 8.42 Å². The summed E-state index contributed by atoms with van der Waals surface area (Å²) < 4.78 is 39.9. The summed E-state index contributed by atoms with van der Waals surface area (Å²) in [5.74, 6) is -0.349. The van der Waals surface area contributed by atoms with Crippen molar-refractivity contribution in [3.05, 3.63) is 29.3 Å². The Bertz CT molecular complexity index is 694. The molecule has 0 aliphatic rings. The Kier molecular flexibility index (Phi) is 8.52. The zero-order chi connectivity index (χ0) is 19.8. The van der Waals surface area contributed by atoms with E-state index in [0.717, 1.165) is 0 Å². The summed E-state index contributed by atoms with van der Waals surface area (Å²) in [6.07, 6.45) is -0.0679. The number of carbonyl (C=O) groups excluding carboxylic acids is 1. The van der Waals surface area contributed by atoms with Crippen LogP contribution in [0.25, 0.3) is 0 Å². The largest absolute Gasteiger partial charge is 0.444 e. The molecule has 8 heteroatoms. The Labute approximate surface area is 156 Å².